The molecule has 2 rings (SSSR count). The van der Waals surface area contributed by atoms with E-state index in [0.717, 1.165) is 11.8 Å². The van der Waals surface area contributed by atoms with E-state index < -0.39 is 17.0 Å². The molecule has 3 nitrogen and oxygen atoms in total. The van der Waals surface area contributed by atoms with Gasteiger partial charge in [0.15, 0.2) is 0 Å². The number of rotatable bonds is 4. The number of hydrogen-bond acceptors (Lipinski definition) is 3. The van der Waals surface area contributed by atoms with E-state index in [1.54, 1.807) is 18.2 Å². The fourth-order valence-electron chi connectivity index (χ4n) is 1.65. The number of phenolic OH excluding ortho intramolecular Hbond substituents is 1. The zero-order valence-corrected chi connectivity index (χ0v) is 12.6. The van der Waals surface area contributed by atoms with Crippen LogP contribution in [0.2, 0.25) is 0 Å². The number of thioether (sulfide) groups is 1. The van der Waals surface area contributed by atoms with Gasteiger partial charge >= 0.3 is 0 Å². The van der Waals surface area contributed by atoms with Crippen LogP contribution in [-0.2, 0) is 4.79 Å². The molecule has 0 bridgehead atoms. The Morgan fingerprint density at radius 3 is 2.45 bits per heavy atom. The quantitative estimate of drug-likeness (QED) is 0.823. The molecule has 0 aromatic heterocycles. The topological polar surface area (TPSA) is 63.3 Å². The van der Waals surface area contributed by atoms with Crippen LogP contribution in [0.3, 0.4) is 0 Å². The normalized spacial score (nSPS) is 12.1. The first-order valence-electron chi connectivity index (χ1n) is 5.67. The molecule has 0 saturated carbocycles. The summed E-state index contributed by atoms with van der Waals surface area (Å²) in [6.07, 6.45) is 0. The molecule has 0 aliphatic heterocycles. The van der Waals surface area contributed by atoms with Gasteiger partial charge in [0.2, 0.25) is 5.91 Å². The van der Waals surface area contributed by atoms with E-state index >= 15 is 0 Å². The predicted molar refractivity (Wildman–Crippen MR) is 80.0 cm³/mol. The predicted octanol–water partition coefficient (Wildman–Crippen LogP) is 3.61. The Kier molecular flexibility index (Phi) is 4.67. The SMILES string of the molecule is NC(=O)[C@H](Sc1ccc(O)cc1)c1ccc(Br)cc1F. The summed E-state index contributed by atoms with van der Waals surface area (Å²) in [5, 5.41) is 8.40. The van der Waals surface area contributed by atoms with Crippen molar-refractivity contribution in [3.05, 3.63) is 58.3 Å². The number of carbonyl (C=O) groups is 1. The molecule has 0 heterocycles. The highest BCUT2D eigenvalue weighted by Gasteiger charge is 2.22. The number of primary amides is 1. The van der Waals surface area contributed by atoms with Crippen LogP contribution < -0.4 is 5.73 Å². The molecule has 3 N–H and O–H groups in total. The fourth-order valence-corrected chi connectivity index (χ4v) is 2.98. The van der Waals surface area contributed by atoms with Gasteiger partial charge in [-0.15, -0.1) is 11.8 Å². The molecule has 6 heteroatoms. The van der Waals surface area contributed by atoms with Gasteiger partial charge in [-0.1, -0.05) is 22.0 Å². The molecule has 20 heavy (non-hydrogen) atoms. The van der Waals surface area contributed by atoms with Gasteiger partial charge in [-0.2, -0.15) is 0 Å². The van der Waals surface area contributed by atoms with Gasteiger partial charge in [0.1, 0.15) is 16.8 Å². The zero-order valence-electron chi connectivity index (χ0n) is 10.2. The molecule has 104 valence electrons. The highest BCUT2D eigenvalue weighted by atomic mass is 79.9. The Labute approximate surface area is 128 Å². The van der Waals surface area contributed by atoms with Gasteiger partial charge in [-0.05, 0) is 36.4 Å². The molecule has 0 radical (unpaired) electrons. The summed E-state index contributed by atoms with van der Waals surface area (Å²) in [5.41, 5.74) is 5.60. The number of carbonyl (C=O) groups excluding carboxylic acids is 1. The number of amides is 1. The molecular formula is C14H11BrFNO2S. The molecular weight excluding hydrogens is 345 g/mol. The van der Waals surface area contributed by atoms with Crippen molar-refractivity contribution < 1.29 is 14.3 Å². The Bertz CT molecular complexity index is 634. The van der Waals surface area contributed by atoms with E-state index in [4.69, 9.17) is 5.73 Å². The summed E-state index contributed by atoms with van der Waals surface area (Å²) in [5.74, 6) is -0.987. The summed E-state index contributed by atoms with van der Waals surface area (Å²) in [6, 6.07) is 10.8. The Balaban J connectivity index is 2.31. The van der Waals surface area contributed by atoms with Crippen molar-refractivity contribution >= 4 is 33.6 Å². The van der Waals surface area contributed by atoms with Crippen LogP contribution in [0, 0.1) is 5.82 Å². The molecule has 2 aromatic rings. The largest absolute Gasteiger partial charge is 0.508 e. The van der Waals surface area contributed by atoms with E-state index in [1.807, 2.05) is 0 Å². The number of halogens is 2. The number of hydrogen-bond donors (Lipinski definition) is 2. The molecule has 1 atom stereocenters. The first-order chi connectivity index (χ1) is 9.47. The maximum Gasteiger partial charge on any atom is 0.235 e. The molecule has 1 amide bonds. The Morgan fingerprint density at radius 2 is 1.90 bits per heavy atom. The van der Waals surface area contributed by atoms with Crippen molar-refractivity contribution in [2.24, 2.45) is 5.73 Å². The molecule has 2 aromatic carbocycles. The van der Waals surface area contributed by atoms with Crippen molar-refractivity contribution in [2.45, 2.75) is 10.1 Å². The number of aromatic hydroxyl groups is 1. The van der Waals surface area contributed by atoms with E-state index in [1.165, 1.54) is 24.3 Å². The monoisotopic (exact) mass is 355 g/mol. The van der Waals surface area contributed by atoms with Crippen molar-refractivity contribution in [1.29, 1.82) is 0 Å². The van der Waals surface area contributed by atoms with E-state index in [9.17, 15) is 14.3 Å². The second-order valence-electron chi connectivity index (χ2n) is 4.06. The highest BCUT2D eigenvalue weighted by molar-refractivity contribution is 9.10. The van der Waals surface area contributed by atoms with Crippen molar-refractivity contribution in [1.82, 2.24) is 0 Å². The van der Waals surface area contributed by atoms with E-state index in [0.29, 0.717) is 9.37 Å². The molecule has 0 saturated heterocycles. The van der Waals surface area contributed by atoms with Gasteiger partial charge in [-0.25, -0.2) is 4.39 Å². The minimum Gasteiger partial charge on any atom is -0.508 e. The summed E-state index contributed by atoms with van der Waals surface area (Å²) in [4.78, 5) is 12.3. The zero-order chi connectivity index (χ0) is 14.7. The Morgan fingerprint density at radius 1 is 1.25 bits per heavy atom. The van der Waals surface area contributed by atoms with Crippen LogP contribution >= 0.6 is 27.7 Å². The van der Waals surface area contributed by atoms with Gasteiger partial charge in [0.05, 0.1) is 0 Å². The lowest BCUT2D eigenvalue weighted by Crippen LogP contribution is -2.19. The van der Waals surface area contributed by atoms with Crippen LogP contribution in [0.4, 0.5) is 4.39 Å². The average molecular weight is 356 g/mol. The molecule has 0 aliphatic carbocycles. The van der Waals surface area contributed by atoms with Crippen LogP contribution in [-0.4, -0.2) is 11.0 Å². The molecule has 0 spiro atoms. The Hall–Kier alpha value is -1.53. The third-order valence-electron chi connectivity index (χ3n) is 2.59. The maximum absolute atomic E-state index is 13.9. The number of benzene rings is 2. The molecule has 0 aliphatic rings. The smallest absolute Gasteiger partial charge is 0.235 e. The van der Waals surface area contributed by atoms with Crippen LogP contribution in [0.25, 0.3) is 0 Å². The maximum atomic E-state index is 13.9. The third kappa shape index (κ3) is 3.52. The van der Waals surface area contributed by atoms with E-state index in [-0.39, 0.29) is 11.3 Å². The average Bonchev–Trinajstić information content (AvgIpc) is 2.39. The van der Waals surface area contributed by atoms with Crippen LogP contribution in [0.1, 0.15) is 10.8 Å². The first-order valence-corrected chi connectivity index (χ1v) is 7.34. The van der Waals surface area contributed by atoms with Crippen LogP contribution in [0.15, 0.2) is 51.8 Å². The lowest BCUT2D eigenvalue weighted by molar-refractivity contribution is -0.117. The van der Waals surface area contributed by atoms with Gasteiger partial charge in [0.25, 0.3) is 0 Å². The second-order valence-corrected chi connectivity index (χ2v) is 6.15. The number of phenols is 1. The lowest BCUT2D eigenvalue weighted by atomic mass is 10.1. The van der Waals surface area contributed by atoms with Gasteiger partial charge in [-0.3, -0.25) is 4.79 Å². The molecule has 0 unspecified atom stereocenters. The van der Waals surface area contributed by atoms with Crippen molar-refractivity contribution in [2.75, 3.05) is 0 Å². The number of nitrogens with two attached hydrogens (primary N) is 1. The third-order valence-corrected chi connectivity index (χ3v) is 4.35. The molecule has 0 fully saturated rings. The minimum atomic E-state index is -0.826. The summed E-state index contributed by atoms with van der Waals surface area (Å²) < 4.78 is 14.5. The summed E-state index contributed by atoms with van der Waals surface area (Å²) in [6.45, 7) is 0. The van der Waals surface area contributed by atoms with E-state index in [2.05, 4.69) is 15.9 Å². The van der Waals surface area contributed by atoms with Crippen LogP contribution in [0.5, 0.6) is 5.75 Å². The second kappa shape index (κ2) is 6.28. The lowest BCUT2D eigenvalue weighted by Gasteiger charge is -2.14. The van der Waals surface area contributed by atoms with Crippen molar-refractivity contribution in [3.8, 4) is 5.75 Å². The summed E-state index contributed by atoms with van der Waals surface area (Å²) in [7, 11) is 0. The summed E-state index contributed by atoms with van der Waals surface area (Å²) >= 11 is 4.30. The van der Waals surface area contributed by atoms with Gasteiger partial charge < -0.3 is 10.8 Å². The van der Waals surface area contributed by atoms with Crippen molar-refractivity contribution in [3.63, 3.8) is 0 Å². The fraction of sp³-hybridized carbons (Fsp3) is 0.0714. The first kappa shape index (κ1) is 14.9. The minimum absolute atomic E-state index is 0.125. The standard InChI is InChI=1S/C14H11BrFNO2S/c15-8-1-6-11(12(16)7-8)13(14(17)19)20-10-4-2-9(18)3-5-10/h1-7,13,18H,(H2,17,19)/t13-/m1/s1. The van der Waals surface area contributed by atoms with Gasteiger partial charge in [0, 0.05) is 14.9 Å². The highest BCUT2D eigenvalue weighted by Crippen LogP contribution is 2.37.